The number of rotatable bonds is 4. The van der Waals surface area contributed by atoms with Gasteiger partial charge in [-0.15, -0.1) is 0 Å². The fourth-order valence-corrected chi connectivity index (χ4v) is 1.90. The largest absolute Gasteiger partial charge is 0.302 e. The van der Waals surface area contributed by atoms with Crippen LogP contribution in [-0.2, 0) is 4.84 Å². The highest BCUT2D eigenvalue weighted by Gasteiger charge is 2.07. The Bertz CT molecular complexity index is 462. The minimum Gasteiger partial charge on any atom is -0.302 e. The summed E-state index contributed by atoms with van der Waals surface area (Å²) in [4.78, 5) is 5.25. The Morgan fingerprint density at radius 1 is 1.12 bits per heavy atom. The highest BCUT2D eigenvalue weighted by molar-refractivity contribution is 5.86. The highest BCUT2D eigenvalue weighted by Crippen LogP contribution is 2.23. The van der Waals surface area contributed by atoms with Gasteiger partial charge in [0, 0.05) is 0 Å². The van der Waals surface area contributed by atoms with Crippen LogP contribution in [0, 0.1) is 0 Å². The summed E-state index contributed by atoms with van der Waals surface area (Å²) in [6.07, 6.45) is 0. The Kier molecular flexibility index (Phi) is 3.54. The molecular formula is C14H17NO. The Hall–Kier alpha value is -1.38. The molecule has 1 N–H and O–H groups in total. The smallest absolute Gasteiger partial charge is 0.0654 e. The zero-order valence-electron chi connectivity index (χ0n) is 9.73. The lowest BCUT2D eigenvalue weighted by atomic mass is 10.0. The number of fused-ring (bicyclic) bond motifs is 1. The predicted octanol–water partition coefficient (Wildman–Crippen LogP) is 3.44. The van der Waals surface area contributed by atoms with Gasteiger partial charge in [-0.05, 0) is 30.2 Å². The molecule has 0 amide bonds. The standard InChI is InChI=1S/C14H17NO/c1-3-16-15-11(2)13-10-6-8-12-7-4-5-9-14(12)13/h4-11,15H,3H2,1-2H3. The molecule has 0 saturated heterocycles. The van der Waals surface area contributed by atoms with Gasteiger partial charge in [0.15, 0.2) is 0 Å². The summed E-state index contributed by atoms with van der Waals surface area (Å²) >= 11 is 0. The summed E-state index contributed by atoms with van der Waals surface area (Å²) in [5, 5.41) is 2.55. The lowest BCUT2D eigenvalue weighted by Gasteiger charge is -2.15. The van der Waals surface area contributed by atoms with E-state index in [1.54, 1.807) is 0 Å². The second-order valence-corrected chi connectivity index (χ2v) is 3.84. The Morgan fingerprint density at radius 2 is 1.88 bits per heavy atom. The van der Waals surface area contributed by atoms with Crippen molar-refractivity contribution in [2.75, 3.05) is 6.61 Å². The van der Waals surface area contributed by atoms with Crippen molar-refractivity contribution < 1.29 is 4.84 Å². The maximum absolute atomic E-state index is 5.25. The van der Waals surface area contributed by atoms with Gasteiger partial charge in [-0.1, -0.05) is 42.5 Å². The van der Waals surface area contributed by atoms with Gasteiger partial charge >= 0.3 is 0 Å². The first-order chi connectivity index (χ1) is 7.83. The zero-order valence-corrected chi connectivity index (χ0v) is 9.73. The van der Waals surface area contributed by atoms with Crippen LogP contribution in [0.3, 0.4) is 0 Å². The van der Waals surface area contributed by atoms with Gasteiger partial charge in [-0.2, -0.15) is 5.48 Å². The molecule has 16 heavy (non-hydrogen) atoms. The molecule has 1 unspecified atom stereocenters. The van der Waals surface area contributed by atoms with Crippen molar-refractivity contribution in [1.82, 2.24) is 5.48 Å². The SMILES string of the molecule is CCONC(C)c1cccc2ccccc12. The second-order valence-electron chi connectivity index (χ2n) is 3.84. The van der Waals surface area contributed by atoms with E-state index in [4.69, 9.17) is 4.84 Å². The third-order valence-electron chi connectivity index (χ3n) is 2.69. The van der Waals surface area contributed by atoms with E-state index in [9.17, 15) is 0 Å². The van der Waals surface area contributed by atoms with E-state index >= 15 is 0 Å². The zero-order chi connectivity index (χ0) is 11.4. The summed E-state index contributed by atoms with van der Waals surface area (Å²) in [5.74, 6) is 0. The van der Waals surface area contributed by atoms with Gasteiger partial charge in [-0.25, -0.2) is 0 Å². The fourth-order valence-electron chi connectivity index (χ4n) is 1.90. The fraction of sp³-hybridized carbons (Fsp3) is 0.286. The molecule has 2 aromatic carbocycles. The van der Waals surface area contributed by atoms with Crippen molar-refractivity contribution in [3.05, 3.63) is 48.0 Å². The molecule has 0 aliphatic heterocycles. The van der Waals surface area contributed by atoms with E-state index in [0.717, 1.165) is 0 Å². The topological polar surface area (TPSA) is 21.3 Å². The molecule has 0 aliphatic carbocycles. The van der Waals surface area contributed by atoms with E-state index in [1.165, 1.54) is 16.3 Å². The molecule has 2 rings (SSSR count). The summed E-state index contributed by atoms with van der Waals surface area (Å²) in [7, 11) is 0. The number of benzene rings is 2. The van der Waals surface area contributed by atoms with E-state index in [0.29, 0.717) is 6.61 Å². The molecule has 2 nitrogen and oxygen atoms in total. The van der Waals surface area contributed by atoms with Gasteiger partial charge in [0.05, 0.1) is 12.6 Å². The van der Waals surface area contributed by atoms with Gasteiger partial charge in [-0.3, -0.25) is 0 Å². The molecule has 0 bridgehead atoms. The number of nitrogens with one attached hydrogen (secondary N) is 1. The molecule has 0 radical (unpaired) electrons. The predicted molar refractivity (Wildman–Crippen MR) is 67.1 cm³/mol. The number of hydrogen-bond donors (Lipinski definition) is 1. The van der Waals surface area contributed by atoms with Gasteiger partial charge in [0.1, 0.15) is 0 Å². The first-order valence-electron chi connectivity index (χ1n) is 5.68. The van der Waals surface area contributed by atoms with Crippen molar-refractivity contribution in [3.63, 3.8) is 0 Å². The Labute approximate surface area is 96.2 Å². The van der Waals surface area contributed by atoms with Crippen LogP contribution in [0.2, 0.25) is 0 Å². The minimum atomic E-state index is 0.200. The maximum atomic E-state index is 5.25. The van der Waals surface area contributed by atoms with Crippen molar-refractivity contribution >= 4 is 10.8 Å². The van der Waals surface area contributed by atoms with Crippen LogP contribution in [0.4, 0.5) is 0 Å². The van der Waals surface area contributed by atoms with Crippen LogP contribution < -0.4 is 5.48 Å². The van der Waals surface area contributed by atoms with Crippen LogP contribution >= 0.6 is 0 Å². The molecule has 1 atom stereocenters. The van der Waals surface area contributed by atoms with Crippen LogP contribution in [0.15, 0.2) is 42.5 Å². The molecule has 0 aliphatic rings. The maximum Gasteiger partial charge on any atom is 0.0654 e. The monoisotopic (exact) mass is 215 g/mol. The van der Waals surface area contributed by atoms with Crippen LogP contribution in [0.1, 0.15) is 25.5 Å². The molecule has 0 saturated carbocycles. The van der Waals surface area contributed by atoms with Crippen molar-refractivity contribution in [2.45, 2.75) is 19.9 Å². The summed E-state index contributed by atoms with van der Waals surface area (Å²) in [5.41, 5.74) is 4.31. The summed E-state index contributed by atoms with van der Waals surface area (Å²) in [6.45, 7) is 4.76. The molecule has 2 aromatic rings. The van der Waals surface area contributed by atoms with Crippen LogP contribution in [0.5, 0.6) is 0 Å². The molecule has 0 heterocycles. The molecular weight excluding hydrogens is 198 g/mol. The lowest BCUT2D eigenvalue weighted by Crippen LogP contribution is -2.19. The van der Waals surface area contributed by atoms with Crippen molar-refractivity contribution in [3.8, 4) is 0 Å². The second kappa shape index (κ2) is 5.10. The molecule has 84 valence electrons. The normalized spacial score (nSPS) is 12.9. The Balaban J connectivity index is 2.36. The molecule has 0 aromatic heterocycles. The molecule has 2 heteroatoms. The lowest BCUT2D eigenvalue weighted by molar-refractivity contribution is 0.0288. The van der Waals surface area contributed by atoms with E-state index in [-0.39, 0.29) is 6.04 Å². The first kappa shape index (κ1) is 11.1. The average Bonchev–Trinajstić information content (AvgIpc) is 2.35. The average molecular weight is 215 g/mol. The van der Waals surface area contributed by atoms with E-state index in [1.807, 2.05) is 6.92 Å². The number of hydroxylamine groups is 1. The van der Waals surface area contributed by atoms with E-state index in [2.05, 4.69) is 54.9 Å². The third kappa shape index (κ3) is 2.23. The van der Waals surface area contributed by atoms with Crippen molar-refractivity contribution in [2.24, 2.45) is 0 Å². The molecule has 0 spiro atoms. The van der Waals surface area contributed by atoms with Crippen LogP contribution in [0.25, 0.3) is 10.8 Å². The van der Waals surface area contributed by atoms with Gasteiger partial charge < -0.3 is 4.84 Å². The highest BCUT2D eigenvalue weighted by atomic mass is 16.6. The van der Waals surface area contributed by atoms with Gasteiger partial charge in [0.2, 0.25) is 0 Å². The number of hydrogen-bond acceptors (Lipinski definition) is 2. The van der Waals surface area contributed by atoms with Crippen LogP contribution in [-0.4, -0.2) is 6.61 Å². The van der Waals surface area contributed by atoms with E-state index < -0.39 is 0 Å². The van der Waals surface area contributed by atoms with Gasteiger partial charge in [0.25, 0.3) is 0 Å². The van der Waals surface area contributed by atoms with Crippen molar-refractivity contribution in [1.29, 1.82) is 0 Å². The quantitative estimate of drug-likeness (QED) is 0.789. The third-order valence-corrected chi connectivity index (χ3v) is 2.69. The Morgan fingerprint density at radius 3 is 2.69 bits per heavy atom. The molecule has 0 fully saturated rings. The first-order valence-corrected chi connectivity index (χ1v) is 5.68. The summed E-state index contributed by atoms with van der Waals surface area (Å²) in [6, 6.07) is 15.0. The minimum absolute atomic E-state index is 0.200. The summed E-state index contributed by atoms with van der Waals surface area (Å²) < 4.78 is 0.